The average molecular weight is 331 g/mol. The summed E-state index contributed by atoms with van der Waals surface area (Å²) in [6, 6.07) is 6.69. The van der Waals surface area contributed by atoms with Gasteiger partial charge in [-0.2, -0.15) is 0 Å². The van der Waals surface area contributed by atoms with Crippen LogP contribution in [0.25, 0.3) is 0 Å². The molecule has 5 nitrogen and oxygen atoms in total. The third-order valence-electron chi connectivity index (χ3n) is 3.04. The summed E-state index contributed by atoms with van der Waals surface area (Å²) in [4.78, 5) is 11.7. The first kappa shape index (κ1) is 20.7. The Morgan fingerprint density at radius 2 is 1.91 bits per heavy atom. The van der Waals surface area contributed by atoms with Crippen LogP contribution < -0.4 is 15.8 Å². The lowest BCUT2D eigenvalue weighted by Crippen LogP contribution is -2.41. The average Bonchev–Trinajstić information content (AvgIpc) is 2.44. The number of hydrogen-bond donors (Lipinski definition) is 3. The number of halogens is 1. The molecule has 0 aliphatic heterocycles. The maximum Gasteiger partial charge on any atom is 0.237 e. The van der Waals surface area contributed by atoms with Crippen LogP contribution in [0.3, 0.4) is 0 Å². The number of nitrogens with one attached hydrogen (secondary N) is 1. The monoisotopic (exact) mass is 330 g/mol. The van der Waals surface area contributed by atoms with Gasteiger partial charge in [-0.1, -0.05) is 25.5 Å². The van der Waals surface area contributed by atoms with E-state index < -0.39 is 12.1 Å². The highest BCUT2D eigenvalue weighted by Crippen LogP contribution is 2.18. The zero-order valence-corrected chi connectivity index (χ0v) is 14.2. The van der Waals surface area contributed by atoms with Crippen molar-refractivity contribution in [1.29, 1.82) is 0 Å². The molecule has 0 aromatic heterocycles. The number of hydrogen-bond acceptors (Lipinski definition) is 4. The highest BCUT2D eigenvalue weighted by Gasteiger charge is 2.14. The Bertz CT molecular complexity index is 438. The van der Waals surface area contributed by atoms with Crippen LogP contribution in [0.2, 0.25) is 0 Å². The van der Waals surface area contributed by atoms with E-state index in [1.54, 1.807) is 12.1 Å². The second kappa shape index (κ2) is 10.4. The molecule has 0 aliphatic carbocycles. The predicted molar refractivity (Wildman–Crippen MR) is 90.3 cm³/mol. The van der Waals surface area contributed by atoms with Crippen LogP contribution in [0.1, 0.15) is 45.3 Å². The number of carbonyl (C=O) groups excluding carboxylic acids is 1. The fraction of sp³-hybridized carbons (Fsp3) is 0.562. The van der Waals surface area contributed by atoms with Gasteiger partial charge in [0.25, 0.3) is 0 Å². The number of carbonyl (C=O) groups is 1. The minimum Gasteiger partial charge on any atom is -0.491 e. The summed E-state index contributed by atoms with van der Waals surface area (Å²) in [5, 5.41) is 12.7. The van der Waals surface area contributed by atoms with Gasteiger partial charge in [0.1, 0.15) is 5.75 Å². The first-order chi connectivity index (χ1) is 9.93. The number of aliphatic hydroxyl groups excluding tert-OH is 1. The molecule has 4 N–H and O–H groups in total. The maximum absolute atomic E-state index is 11.7. The van der Waals surface area contributed by atoms with E-state index in [1.165, 1.54) is 0 Å². The van der Waals surface area contributed by atoms with Gasteiger partial charge < -0.3 is 20.9 Å². The fourth-order valence-corrected chi connectivity index (χ4v) is 1.93. The van der Waals surface area contributed by atoms with Crippen molar-refractivity contribution >= 4 is 18.3 Å². The van der Waals surface area contributed by atoms with Crippen molar-refractivity contribution in [2.75, 3.05) is 6.54 Å². The number of benzene rings is 1. The SMILES string of the molecule is CCCC(N)C(=O)NCC(O)c1ccc(OC(C)C)cc1.Cl. The smallest absolute Gasteiger partial charge is 0.237 e. The van der Waals surface area contributed by atoms with Gasteiger partial charge in [-0.05, 0) is 38.0 Å². The van der Waals surface area contributed by atoms with Crippen LogP contribution in [-0.4, -0.2) is 29.7 Å². The maximum atomic E-state index is 11.7. The van der Waals surface area contributed by atoms with E-state index in [0.29, 0.717) is 6.42 Å². The Balaban J connectivity index is 0.00000441. The van der Waals surface area contributed by atoms with Crippen molar-refractivity contribution in [3.8, 4) is 5.75 Å². The van der Waals surface area contributed by atoms with Gasteiger partial charge in [0, 0.05) is 6.54 Å². The molecule has 0 spiro atoms. The molecule has 1 aromatic rings. The van der Waals surface area contributed by atoms with Crippen LogP contribution in [0.15, 0.2) is 24.3 Å². The predicted octanol–water partition coefficient (Wildman–Crippen LogP) is 2.17. The summed E-state index contributed by atoms with van der Waals surface area (Å²) in [6.45, 7) is 6.04. The summed E-state index contributed by atoms with van der Waals surface area (Å²) in [5.41, 5.74) is 6.44. The van der Waals surface area contributed by atoms with Gasteiger partial charge in [-0.25, -0.2) is 0 Å². The van der Waals surface area contributed by atoms with Gasteiger partial charge in [-0.15, -0.1) is 12.4 Å². The topological polar surface area (TPSA) is 84.6 Å². The molecule has 2 atom stereocenters. The van der Waals surface area contributed by atoms with E-state index in [2.05, 4.69) is 5.32 Å². The van der Waals surface area contributed by atoms with E-state index in [1.807, 2.05) is 32.9 Å². The van der Waals surface area contributed by atoms with Crippen molar-refractivity contribution in [2.45, 2.75) is 51.9 Å². The molecule has 1 rings (SSSR count). The molecule has 0 heterocycles. The van der Waals surface area contributed by atoms with E-state index in [-0.39, 0.29) is 31.0 Å². The van der Waals surface area contributed by atoms with E-state index in [9.17, 15) is 9.90 Å². The van der Waals surface area contributed by atoms with E-state index >= 15 is 0 Å². The highest BCUT2D eigenvalue weighted by atomic mass is 35.5. The lowest BCUT2D eigenvalue weighted by molar-refractivity contribution is -0.123. The Labute approximate surface area is 138 Å². The molecule has 0 fully saturated rings. The normalized spacial score (nSPS) is 13.2. The highest BCUT2D eigenvalue weighted by molar-refractivity contribution is 5.85. The molecule has 126 valence electrons. The minimum atomic E-state index is -0.754. The zero-order chi connectivity index (χ0) is 15.8. The lowest BCUT2D eigenvalue weighted by atomic mass is 10.1. The minimum absolute atomic E-state index is 0. The van der Waals surface area contributed by atoms with Crippen LogP contribution >= 0.6 is 12.4 Å². The molecule has 22 heavy (non-hydrogen) atoms. The molecule has 0 radical (unpaired) electrons. The van der Waals surface area contributed by atoms with Crippen LogP contribution in [-0.2, 0) is 4.79 Å². The molecule has 0 saturated heterocycles. The van der Waals surface area contributed by atoms with Crippen molar-refractivity contribution < 1.29 is 14.6 Å². The molecular weight excluding hydrogens is 304 g/mol. The fourth-order valence-electron chi connectivity index (χ4n) is 1.93. The summed E-state index contributed by atoms with van der Waals surface area (Å²) in [6.07, 6.45) is 0.855. The number of aliphatic hydroxyl groups is 1. The first-order valence-corrected chi connectivity index (χ1v) is 7.42. The van der Waals surface area contributed by atoms with Gasteiger partial charge in [0.15, 0.2) is 0 Å². The Morgan fingerprint density at radius 1 is 1.32 bits per heavy atom. The second-order valence-electron chi connectivity index (χ2n) is 5.39. The Morgan fingerprint density at radius 3 is 2.41 bits per heavy atom. The van der Waals surface area contributed by atoms with Gasteiger partial charge in [0.2, 0.25) is 5.91 Å². The second-order valence-corrected chi connectivity index (χ2v) is 5.39. The third kappa shape index (κ3) is 7.11. The lowest BCUT2D eigenvalue weighted by Gasteiger charge is -2.16. The van der Waals surface area contributed by atoms with Crippen molar-refractivity contribution in [3.63, 3.8) is 0 Å². The Kier molecular flexibility index (Phi) is 9.81. The number of ether oxygens (including phenoxy) is 1. The van der Waals surface area contributed by atoms with Gasteiger partial charge in [-0.3, -0.25) is 4.79 Å². The molecular formula is C16H27ClN2O3. The van der Waals surface area contributed by atoms with Crippen molar-refractivity contribution in [1.82, 2.24) is 5.32 Å². The van der Waals surface area contributed by atoms with E-state index in [4.69, 9.17) is 10.5 Å². The molecule has 0 aliphatic rings. The van der Waals surface area contributed by atoms with Crippen LogP contribution in [0.5, 0.6) is 5.75 Å². The molecule has 0 saturated carbocycles. The summed E-state index contributed by atoms with van der Waals surface area (Å²) >= 11 is 0. The summed E-state index contributed by atoms with van der Waals surface area (Å²) < 4.78 is 5.54. The first-order valence-electron chi connectivity index (χ1n) is 7.42. The molecule has 6 heteroatoms. The number of nitrogens with two attached hydrogens (primary N) is 1. The van der Waals surface area contributed by atoms with Gasteiger partial charge in [0.05, 0.1) is 18.2 Å². The largest absolute Gasteiger partial charge is 0.491 e. The van der Waals surface area contributed by atoms with E-state index in [0.717, 1.165) is 17.7 Å². The summed E-state index contributed by atoms with van der Waals surface area (Å²) in [7, 11) is 0. The molecule has 1 aromatic carbocycles. The number of amides is 1. The molecule has 1 amide bonds. The molecule has 0 bridgehead atoms. The van der Waals surface area contributed by atoms with Crippen molar-refractivity contribution in [2.24, 2.45) is 5.73 Å². The van der Waals surface area contributed by atoms with Crippen molar-refractivity contribution in [3.05, 3.63) is 29.8 Å². The van der Waals surface area contributed by atoms with Crippen LogP contribution in [0.4, 0.5) is 0 Å². The summed E-state index contributed by atoms with van der Waals surface area (Å²) in [5.74, 6) is 0.533. The van der Waals surface area contributed by atoms with Crippen LogP contribution in [0, 0.1) is 0 Å². The van der Waals surface area contributed by atoms with Gasteiger partial charge >= 0.3 is 0 Å². The zero-order valence-electron chi connectivity index (χ0n) is 13.4. The Hall–Kier alpha value is -1.30. The molecule has 2 unspecified atom stereocenters. The number of rotatable bonds is 8. The standard InChI is InChI=1S/C16H26N2O3.ClH/c1-4-5-14(17)16(20)18-10-15(19)12-6-8-13(9-7-12)21-11(2)3;/h6-9,11,14-15,19H,4-5,10,17H2,1-3H3,(H,18,20);1H. The third-order valence-corrected chi connectivity index (χ3v) is 3.04. The quantitative estimate of drug-likeness (QED) is 0.682.